The highest BCUT2D eigenvalue weighted by atomic mass is 16.1. The molecule has 0 saturated heterocycles. The lowest BCUT2D eigenvalue weighted by Crippen LogP contribution is -2.16. The zero-order valence-electron chi connectivity index (χ0n) is 9.15. The fourth-order valence-electron chi connectivity index (χ4n) is 2.57. The average Bonchev–Trinajstić information content (AvgIpc) is 2.61. The minimum absolute atomic E-state index is 0.284. The van der Waals surface area contributed by atoms with Crippen LogP contribution in [-0.4, -0.2) is 10.8 Å². The zero-order chi connectivity index (χ0) is 10.7. The number of hydrogen-bond acceptors (Lipinski definition) is 2. The van der Waals surface area contributed by atoms with Crippen molar-refractivity contribution in [2.24, 2.45) is 11.8 Å². The van der Waals surface area contributed by atoms with E-state index in [-0.39, 0.29) is 5.92 Å². The van der Waals surface area contributed by atoms with Gasteiger partial charge >= 0.3 is 0 Å². The third-order valence-electron chi connectivity index (χ3n) is 3.38. The van der Waals surface area contributed by atoms with Gasteiger partial charge in [-0.15, -0.1) is 0 Å². The van der Waals surface area contributed by atoms with Crippen molar-refractivity contribution in [3.63, 3.8) is 0 Å². The normalized spacial score (nSPS) is 25.8. The fraction of sp³-hybridized carbons (Fsp3) is 0.538. The Balaban J connectivity index is 2.04. The maximum atomic E-state index is 11.6. The molecule has 15 heavy (non-hydrogen) atoms. The summed E-state index contributed by atoms with van der Waals surface area (Å²) in [5.74, 6) is 1.27. The Kier molecular flexibility index (Phi) is 3.14. The monoisotopic (exact) mass is 203 g/mol. The maximum Gasteiger partial charge on any atom is 0.136 e. The lowest BCUT2D eigenvalue weighted by atomic mass is 9.89. The quantitative estimate of drug-likeness (QED) is 0.756. The zero-order valence-corrected chi connectivity index (χ0v) is 9.15. The van der Waals surface area contributed by atoms with Crippen molar-refractivity contribution in [2.45, 2.75) is 32.6 Å². The van der Waals surface area contributed by atoms with E-state index in [9.17, 15) is 4.79 Å². The van der Waals surface area contributed by atoms with Gasteiger partial charge in [0.05, 0.1) is 0 Å². The second-order valence-electron chi connectivity index (χ2n) is 4.31. The molecule has 0 aliphatic heterocycles. The smallest absolute Gasteiger partial charge is 0.136 e. The van der Waals surface area contributed by atoms with Gasteiger partial charge in [-0.3, -0.25) is 9.78 Å². The number of hydrogen-bond donors (Lipinski definition) is 0. The molecule has 80 valence electrons. The fourth-order valence-corrected chi connectivity index (χ4v) is 2.57. The van der Waals surface area contributed by atoms with Crippen molar-refractivity contribution in [1.29, 1.82) is 0 Å². The van der Waals surface area contributed by atoms with E-state index >= 15 is 0 Å². The molecule has 1 aliphatic carbocycles. The molecular weight excluding hydrogens is 186 g/mol. The number of pyridine rings is 1. The molecule has 2 rings (SSSR count). The Morgan fingerprint density at radius 3 is 3.00 bits per heavy atom. The van der Waals surface area contributed by atoms with E-state index in [2.05, 4.69) is 18.0 Å². The number of ketones is 1. The average molecular weight is 203 g/mol. The first kappa shape index (κ1) is 10.3. The summed E-state index contributed by atoms with van der Waals surface area (Å²) in [6.07, 6.45) is 5.60. The molecule has 0 bridgehead atoms. The van der Waals surface area contributed by atoms with Crippen LogP contribution in [0.25, 0.3) is 0 Å². The Bertz CT molecular complexity index is 334. The molecule has 1 aliphatic rings. The molecule has 2 atom stereocenters. The molecule has 0 spiro atoms. The highest BCUT2D eigenvalue weighted by Crippen LogP contribution is 2.33. The van der Waals surface area contributed by atoms with Crippen LogP contribution in [0.3, 0.4) is 0 Å². The molecule has 0 radical (unpaired) electrons. The third kappa shape index (κ3) is 2.25. The van der Waals surface area contributed by atoms with Crippen molar-refractivity contribution < 1.29 is 4.79 Å². The molecule has 0 N–H and O–H groups in total. The number of carbonyl (C=O) groups excluding carboxylic acids is 1. The van der Waals surface area contributed by atoms with Gasteiger partial charge in [0, 0.05) is 24.2 Å². The van der Waals surface area contributed by atoms with Gasteiger partial charge < -0.3 is 0 Å². The van der Waals surface area contributed by atoms with Crippen molar-refractivity contribution in [3.05, 3.63) is 30.1 Å². The van der Waals surface area contributed by atoms with E-state index in [1.807, 2.05) is 18.3 Å². The van der Waals surface area contributed by atoms with Gasteiger partial charge in [-0.25, -0.2) is 0 Å². The van der Waals surface area contributed by atoms with Crippen LogP contribution in [0.15, 0.2) is 24.4 Å². The summed E-state index contributed by atoms with van der Waals surface area (Å²) >= 11 is 0. The summed E-state index contributed by atoms with van der Waals surface area (Å²) in [4.78, 5) is 15.9. The van der Waals surface area contributed by atoms with Crippen LogP contribution in [0, 0.1) is 11.8 Å². The summed E-state index contributed by atoms with van der Waals surface area (Å²) in [6, 6.07) is 6.00. The second-order valence-corrected chi connectivity index (χ2v) is 4.31. The lowest BCUT2D eigenvalue weighted by Gasteiger charge is -2.15. The van der Waals surface area contributed by atoms with Crippen LogP contribution in [-0.2, 0) is 11.2 Å². The number of Topliss-reactive ketones (excluding diaryl/α,β-unsaturated/α-hetero) is 1. The first-order valence-corrected chi connectivity index (χ1v) is 5.74. The van der Waals surface area contributed by atoms with E-state index in [0.717, 1.165) is 31.4 Å². The Morgan fingerprint density at radius 2 is 2.33 bits per heavy atom. The van der Waals surface area contributed by atoms with Gasteiger partial charge in [-0.1, -0.05) is 13.0 Å². The third-order valence-corrected chi connectivity index (χ3v) is 3.38. The van der Waals surface area contributed by atoms with Gasteiger partial charge in [-0.2, -0.15) is 0 Å². The van der Waals surface area contributed by atoms with Gasteiger partial charge in [-0.05, 0) is 37.3 Å². The number of rotatable bonds is 3. The number of carbonyl (C=O) groups is 1. The predicted octanol–water partition coefficient (Wildman–Crippen LogP) is 2.63. The number of aromatic nitrogens is 1. The van der Waals surface area contributed by atoms with E-state index in [0.29, 0.717) is 11.7 Å². The molecule has 0 unspecified atom stereocenters. The highest BCUT2D eigenvalue weighted by molar-refractivity contribution is 5.83. The van der Waals surface area contributed by atoms with Crippen LogP contribution >= 0.6 is 0 Å². The number of nitrogens with zero attached hydrogens (tertiary/aromatic N) is 1. The summed E-state index contributed by atoms with van der Waals surface area (Å²) in [5, 5.41) is 0. The lowest BCUT2D eigenvalue weighted by molar-refractivity contribution is -0.121. The molecular formula is C13H17NO. The topological polar surface area (TPSA) is 30.0 Å². The van der Waals surface area contributed by atoms with Crippen molar-refractivity contribution in [3.8, 4) is 0 Å². The van der Waals surface area contributed by atoms with Gasteiger partial charge in [0.2, 0.25) is 0 Å². The summed E-state index contributed by atoms with van der Waals surface area (Å²) in [6.45, 7) is 2.11. The summed E-state index contributed by atoms with van der Waals surface area (Å²) < 4.78 is 0. The molecule has 1 fully saturated rings. The van der Waals surface area contributed by atoms with Crippen LogP contribution < -0.4 is 0 Å². The Morgan fingerprint density at radius 1 is 1.47 bits per heavy atom. The Labute approximate surface area is 90.7 Å². The van der Waals surface area contributed by atoms with E-state index in [4.69, 9.17) is 0 Å². The predicted molar refractivity (Wildman–Crippen MR) is 59.5 cm³/mol. The molecule has 2 heteroatoms. The summed E-state index contributed by atoms with van der Waals surface area (Å²) in [7, 11) is 0. The van der Waals surface area contributed by atoms with Crippen LogP contribution in [0.1, 0.15) is 31.9 Å². The van der Waals surface area contributed by atoms with Crippen LogP contribution in [0.5, 0.6) is 0 Å². The van der Waals surface area contributed by atoms with Crippen molar-refractivity contribution in [1.82, 2.24) is 4.98 Å². The Hall–Kier alpha value is -1.18. The SMILES string of the molecule is CC[C@H]1C(=O)CC[C@@H]1Cc1ccccn1. The first-order chi connectivity index (χ1) is 7.31. The molecule has 0 amide bonds. The molecule has 1 aromatic rings. The van der Waals surface area contributed by atoms with Crippen LogP contribution in [0.2, 0.25) is 0 Å². The molecule has 2 nitrogen and oxygen atoms in total. The minimum Gasteiger partial charge on any atom is -0.299 e. The molecule has 1 aromatic heterocycles. The molecule has 0 aromatic carbocycles. The first-order valence-electron chi connectivity index (χ1n) is 5.74. The van der Waals surface area contributed by atoms with E-state index in [1.165, 1.54) is 0 Å². The highest BCUT2D eigenvalue weighted by Gasteiger charge is 2.32. The minimum atomic E-state index is 0.284. The van der Waals surface area contributed by atoms with Crippen molar-refractivity contribution >= 4 is 5.78 Å². The largest absolute Gasteiger partial charge is 0.299 e. The van der Waals surface area contributed by atoms with Crippen LogP contribution in [0.4, 0.5) is 0 Å². The van der Waals surface area contributed by atoms with Gasteiger partial charge in [0.25, 0.3) is 0 Å². The standard InChI is InChI=1S/C13H17NO/c1-2-12-10(6-7-13(12)15)9-11-5-3-4-8-14-11/h3-5,8,10,12H,2,6-7,9H2,1H3/t10-,12-/m1/s1. The van der Waals surface area contributed by atoms with Gasteiger partial charge in [0.1, 0.15) is 5.78 Å². The molecule has 1 heterocycles. The van der Waals surface area contributed by atoms with E-state index in [1.54, 1.807) is 0 Å². The van der Waals surface area contributed by atoms with Crippen molar-refractivity contribution in [2.75, 3.05) is 0 Å². The maximum absolute atomic E-state index is 11.6. The second kappa shape index (κ2) is 4.56. The van der Waals surface area contributed by atoms with E-state index < -0.39 is 0 Å². The van der Waals surface area contributed by atoms with Gasteiger partial charge in [0.15, 0.2) is 0 Å². The molecule has 1 saturated carbocycles. The summed E-state index contributed by atoms with van der Waals surface area (Å²) in [5.41, 5.74) is 1.12.